The van der Waals surface area contributed by atoms with Crippen molar-refractivity contribution < 1.29 is 9.90 Å². The van der Waals surface area contributed by atoms with E-state index in [1.807, 2.05) is 12.3 Å². The summed E-state index contributed by atoms with van der Waals surface area (Å²) in [6, 6.07) is 8.06. The summed E-state index contributed by atoms with van der Waals surface area (Å²) in [5, 5.41) is 14.3. The predicted octanol–water partition coefficient (Wildman–Crippen LogP) is 0.866. The number of likely N-dealkylation sites (tertiary alicyclic amines) is 1. The van der Waals surface area contributed by atoms with Crippen molar-refractivity contribution in [2.75, 3.05) is 13.1 Å². The van der Waals surface area contributed by atoms with Gasteiger partial charge >= 0.3 is 0 Å². The Balaban J connectivity index is 1.40. The van der Waals surface area contributed by atoms with E-state index in [1.165, 1.54) is 23.5 Å². The highest BCUT2D eigenvalue weighted by Crippen LogP contribution is 2.18. The minimum atomic E-state index is -0.576. The fraction of sp³-hybridized carbons (Fsp3) is 0.294. The van der Waals surface area contributed by atoms with Crippen LogP contribution in [0.3, 0.4) is 0 Å². The molecule has 7 heteroatoms. The van der Waals surface area contributed by atoms with E-state index in [4.69, 9.17) is 0 Å². The second-order valence-corrected chi connectivity index (χ2v) is 6.21. The van der Waals surface area contributed by atoms with Crippen LogP contribution in [0.5, 0.6) is 0 Å². The largest absolute Gasteiger partial charge is 0.390 e. The normalized spacial score (nSPS) is 21.4. The number of carbonyl (C=O) groups excluding carboxylic acids is 1. The van der Waals surface area contributed by atoms with Crippen molar-refractivity contribution in [2.24, 2.45) is 0 Å². The summed E-state index contributed by atoms with van der Waals surface area (Å²) < 4.78 is 0. The van der Waals surface area contributed by atoms with Crippen molar-refractivity contribution in [3.8, 4) is 0 Å². The Morgan fingerprint density at radius 3 is 3.08 bits per heavy atom. The standard InChI is InChI=1S/C17H19N5O2/c23-16-9-22(7-11-1-2-13-12(5-11)3-4-19-13)8-15(16)21-17(24)14-6-18-10-20-14/h1-6,10,15-16,19,23H,7-9H2,(H,18,20)(H,21,24)/t15-,16-/m1/s1. The van der Waals surface area contributed by atoms with Gasteiger partial charge in [-0.05, 0) is 29.1 Å². The fourth-order valence-corrected chi connectivity index (χ4v) is 3.22. The maximum absolute atomic E-state index is 12.1. The Bertz CT molecular complexity index is 842. The van der Waals surface area contributed by atoms with Gasteiger partial charge in [-0.25, -0.2) is 4.98 Å². The van der Waals surface area contributed by atoms with E-state index in [0.29, 0.717) is 18.8 Å². The van der Waals surface area contributed by atoms with Crippen molar-refractivity contribution in [1.29, 1.82) is 0 Å². The molecular weight excluding hydrogens is 306 g/mol. The lowest BCUT2D eigenvalue weighted by atomic mass is 10.1. The van der Waals surface area contributed by atoms with Crippen LogP contribution in [0.4, 0.5) is 0 Å². The molecule has 3 aromatic rings. The van der Waals surface area contributed by atoms with Gasteiger partial charge in [0.15, 0.2) is 0 Å². The summed E-state index contributed by atoms with van der Waals surface area (Å²) in [6.45, 7) is 1.90. The van der Waals surface area contributed by atoms with Gasteiger partial charge in [0.2, 0.25) is 0 Å². The number of β-amino-alcohol motifs (C(OH)–C–C–N with tert-alkyl or cyclic N) is 1. The Morgan fingerprint density at radius 2 is 2.25 bits per heavy atom. The number of rotatable bonds is 4. The lowest BCUT2D eigenvalue weighted by Gasteiger charge is -2.16. The summed E-state index contributed by atoms with van der Waals surface area (Å²) >= 11 is 0. The molecule has 1 fully saturated rings. The molecule has 0 bridgehead atoms. The molecule has 124 valence electrons. The van der Waals surface area contributed by atoms with Crippen LogP contribution in [0.15, 0.2) is 43.0 Å². The molecule has 2 aromatic heterocycles. The van der Waals surface area contributed by atoms with Gasteiger partial charge in [0.05, 0.1) is 24.7 Å². The number of amides is 1. The third-order valence-electron chi connectivity index (χ3n) is 4.45. The minimum absolute atomic E-state index is 0.243. The van der Waals surface area contributed by atoms with Gasteiger partial charge in [0.25, 0.3) is 5.91 Å². The first-order chi connectivity index (χ1) is 11.7. The molecule has 24 heavy (non-hydrogen) atoms. The molecule has 1 aliphatic heterocycles. The van der Waals surface area contributed by atoms with E-state index in [1.54, 1.807) is 0 Å². The predicted molar refractivity (Wildman–Crippen MR) is 89.4 cm³/mol. The first-order valence-electron chi connectivity index (χ1n) is 7.95. The van der Waals surface area contributed by atoms with Crippen LogP contribution < -0.4 is 5.32 Å². The van der Waals surface area contributed by atoms with Gasteiger partial charge < -0.3 is 20.4 Å². The Morgan fingerprint density at radius 1 is 1.33 bits per heavy atom. The Kier molecular flexibility index (Phi) is 3.79. The molecule has 1 aromatic carbocycles. The van der Waals surface area contributed by atoms with Crippen LogP contribution in [0.2, 0.25) is 0 Å². The highest BCUT2D eigenvalue weighted by molar-refractivity contribution is 5.92. The fourth-order valence-electron chi connectivity index (χ4n) is 3.22. The van der Waals surface area contributed by atoms with Crippen LogP contribution in [0.1, 0.15) is 16.1 Å². The van der Waals surface area contributed by atoms with E-state index >= 15 is 0 Å². The van der Waals surface area contributed by atoms with Crippen molar-refractivity contribution in [3.05, 3.63) is 54.2 Å². The van der Waals surface area contributed by atoms with Gasteiger partial charge in [-0.3, -0.25) is 9.69 Å². The van der Waals surface area contributed by atoms with Crippen molar-refractivity contribution in [2.45, 2.75) is 18.7 Å². The number of imidazole rings is 1. The molecule has 0 aliphatic carbocycles. The second kappa shape index (κ2) is 6.10. The molecule has 0 spiro atoms. The Labute approximate surface area is 138 Å². The first kappa shape index (κ1) is 14.9. The third-order valence-corrected chi connectivity index (χ3v) is 4.45. The number of hydrogen-bond donors (Lipinski definition) is 4. The molecule has 3 heterocycles. The number of hydrogen-bond acceptors (Lipinski definition) is 4. The monoisotopic (exact) mass is 325 g/mol. The number of aromatic amines is 2. The van der Waals surface area contributed by atoms with E-state index in [2.05, 4.69) is 43.4 Å². The van der Waals surface area contributed by atoms with Crippen molar-refractivity contribution in [1.82, 2.24) is 25.2 Å². The summed E-state index contributed by atoms with van der Waals surface area (Å²) in [4.78, 5) is 24.0. The topological polar surface area (TPSA) is 97.0 Å². The molecule has 4 rings (SSSR count). The summed E-state index contributed by atoms with van der Waals surface area (Å²) in [7, 11) is 0. The van der Waals surface area contributed by atoms with E-state index in [0.717, 1.165) is 12.1 Å². The number of carbonyl (C=O) groups is 1. The molecule has 1 amide bonds. The molecule has 2 atom stereocenters. The van der Waals surface area contributed by atoms with Crippen LogP contribution in [-0.2, 0) is 6.54 Å². The average Bonchev–Trinajstić information content (AvgIpc) is 3.29. The zero-order valence-corrected chi connectivity index (χ0v) is 13.1. The summed E-state index contributed by atoms with van der Waals surface area (Å²) in [5.74, 6) is -0.243. The number of nitrogens with one attached hydrogen (secondary N) is 3. The number of benzene rings is 1. The van der Waals surface area contributed by atoms with Crippen molar-refractivity contribution in [3.63, 3.8) is 0 Å². The SMILES string of the molecule is O=C(N[C@@H]1CN(Cc2ccc3[nH]ccc3c2)C[C@H]1O)c1cnc[nH]1. The number of fused-ring (bicyclic) bond motifs is 1. The molecule has 0 saturated carbocycles. The third kappa shape index (κ3) is 2.91. The molecular formula is C17H19N5O2. The van der Waals surface area contributed by atoms with E-state index in [9.17, 15) is 9.90 Å². The molecule has 1 saturated heterocycles. The van der Waals surface area contributed by atoms with Gasteiger partial charge in [-0.1, -0.05) is 6.07 Å². The lowest BCUT2D eigenvalue weighted by molar-refractivity contribution is 0.0884. The molecule has 4 N–H and O–H groups in total. The zero-order chi connectivity index (χ0) is 16.5. The van der Waals surface area contributed by atoms with Crippen LogP contribution in [-0.4, -0.2) is 56.1 Å². The maximum atomic E-state index is 12.1. The van der Waals surface area contributed by atoms with Crippen LogP contribution in [0, 0.1) is 0 Å². The highest BCUT2D eigenvalue weighted by atomic mass is 16.3. The Hall–Kier alpha value is -2.64. The number of aromatic nitrogens is 3. The van der Waals surface area contributed by atoms with Crippen LogP contribution >= 0.6 is 0 Å². The second-order valence-electron chi connectivity index (χ2n) is 6.21. The lowest BCUT2D eigenvalue weighted by Crippen LogP contribution is -2.42. The van der Waals surface area contributed by atoms with Gasteiger partial charge in [-0.15, -0.1) is 0 Å². The van der Waals surface area contributed by atoms with Gasteiger partial charge in [0, 0.05) is 31.3 Å². The molecule has 1 aliphatic rings. The smallest absolute Gasteiger partial charge is 0.269 e. The highest BCUT2D eigenvalue weighted by Gasteiger charge is 2.32. The first-order valence-corrected chi connectivity index (χ1v) is 7.95. The average molecular weight is 325 g/mol. The van der Waals surface area contributed by atoms with Gasteiger partial charge in [-0.2, -0.15) is 0 Å². The molecule has 0 unspecified atom stereocenters. The van der Waals surface area contributed by atoms with E-state index in [-0.39, 0.29) is 11.9 Å². The van der Waals surface area contributed by atoms with Crippen LogP contribution in [0.25, 0.3) is 10.9 Å². The van der Waals surface area contributed by atoms with Gasteiger partial charge in [0.1, 0.15) is 5.69 Å². The van der Waals surface area contributed by atoms with E-state index < -0.39 is 6.10 Å². The number of nitrogens with zero attached hydrogens (tertiary/aromatic N) is 2. The molecule has 7 nitrogen and oxygen atoms in total. The number of H-pyrrole nitrogens is 2. The maximum Gasteiger partial charge on any atom is 0.269 e. The zero-order valence-electron chi connectivity index (χ0n) is 13.1. The summed E-state index contributed by atoms with van der Waals surface area (Å²) in [5.41, 5.74) is 2.71. The molecule has 0 radical (unpaired) electrons. The quantitative estimate of drug-likeness (QED) is 0.572. The summed E-state index contributed by atoms with van der Waals surface area (Å²) in [6.07, 6.45) is 4.28. The number of aliphatic hydroxyl groups excluding tert-OH is 1. The number of aliphatic hydroxyl groups is 1. The van der Waals surface area contributed by atoms with Crippen molar-refractivity contribution >= 4 is 16.8 Å². The minimum Gasteiger partial charge on any atom is -0.390 e.